The molecule has 94 heavy (non-hydrogen) atoms. The van der Waals surface area contributed by atoms with E-state index in [4.69, 9.17) is 9.47 Å². The van der Waals surface area contributed by atoms with E-state index in [9.17, 15) is 10.2 Å². The number of likely N-dealkylation sites (N-methyl/N-ethyl adjacent to an activating group) is 2. The number of fused-ring (bicyclic) bond motifs is 1. The SMILES string of the molecule is C/C=C/N(C)c1cccc(C)c1.C=CC(c1cc(C)ccc1O)N(C)c1cccc(C)c1.CC.CC.CC.CC.Cc1ccc(OC/C=C/N(C)c2cccc(C)c2)cc1.Cc1ccc(OCC(O)CN(C)c2ccc(C)cc2)cc1.Cc1ccc2c(c1)N(C)C=CC2.O.[HH]. The number of ether oxygens (including phenoxy) is 2. The van der Waals surface area contributed by atoms with Gasteiger partial charge in [-0.1, -0.05) is 187 Å². The molecule has 8 aromatic rings. The van der Waals surface area contributed by atoms with Crippen LogP contribution in [-0.2, 0) is 6.42 Å². The topological polar surface area (TPSA) is 107 Å². The Hall–Kier alpha value is -8.96. The molecule has 10 nitrogen and oxygen atoms in total. The molecule has 1 aliphatic heterocycles. The summed E-state index contributed by atoms with van der Waals surface area (Å²) in [7, 11) is 10.2. The molecule has 0 fully saturated rings. The van der Waals surface area contributed by atoms with Crippen molar-refractivity contribution in [3.8, 4) is 17.2 Å². The van der Waals surface area contributed by atoms with E-state index in [-0.39, 0.29) is 12.9 Å². The molecule has 9 rings (SSSR count). The maximum atomic E-state index is 10.1. The van der Waals surface area contributed by atoms with Crippen LogP contribution in [0, 0.1) is 55.4 Å². The molecule has 0 spiro atoms. The summed E-state index contributed by atoms with van der Waals surface area (Å²) >= 11 is 0. The van der Waals surface area contributed by atoms with E-state index in [1.165, 1.54) is 61.6 Å². The van der Waals surface area contributed by atoms with Gasteiger partial charge in [0.1, 0.15) is 36.6 Å². The lowest BCUT2D eigenvalue weighted by atomic mass is 10.0. The van der Waals surface area contributed by atoms with E-state index >= 15 is 0 Å². The number of aromatic hydroxyl groups is 1. The molecule has 2 unspecified atom stereocenters. The standard InChI is InChI=1S/C18H23NO2.2C18H21NO.C11H13N.C11H15N.4C2H6.H2O.H2/c1-14-4-8-16(9-5-14)19(3)12-17(20)13-21-18-10-6-15(2)7-11-18;1-15-8-10-18(11-9-15)20-13-5-12-19(3)17-7-4-6-16(2)14-17;1-5-17(16-12-14(3)9-10-18(16)20)19(4)15-8-6-7-13(2)11-15;1-9-5-6-10-4-3-7-12(2)11(10)8-9;1-4-8-12(3)11-7-5-6-10(2)9-11;4*1-2;;/h4-11,17,20H,12-13H2,1-3H3;4-12,14H,13H2,1-3H3;5-12,17,20H,1H2,2-4H3;3,5-8H,4H2,1-2H3;4-9H,1-3H3;4*1-2H3;1H2;1H/b;12-5+;;;8-4+;;;;;;. The minimum Gasteiger partial charge on any atom is -0.508 e. The fourth-order valence-electron chi connectivity index (χ4n) is 9.18. The third-order valence-corrected chi connectivity index (χ3v) is 14.1. The van der Waals surface area contributed by atoms with Crippen LogP contribution in [0.25, 0.3) is 0 Å². The fourth-order valence-corrected chi connectivity index (χ4v) is 9.18. The van der Waals surface area contributed by atoms with Crippen LogP contribution < -0.4 is 34.0 Å². The largest absolute Gasteiger partial charge is 0.508 e. The van der Waals surface area contributed by atoms with Gasteiger partial charge in [-0.05, 0) is 200 Å². The van der Waals surface area contributed by atoms with Crippen LogP contribution in [0.5, 0.6) is 17.2 Å². The summed E-state index contributed by atoms with van der Waals surface area (Å²) in [4.78, 5) is 10.5. The second-order valence-corrected chi connectivity index (χ2v) is 21.9. The van der Waals surface area contributed by atoms with Crippen LogP contribution in [0.4, 0.5) is 28.4 Å². The summed E-state index contributed by atoms with van der Waals surface area (Å²) in [6.45, 7) is 39.9. The first-order valence-electron chi connectivity index (χ1n) is 33.2. The number of nitrogens with zero attached hydrogens (tertiary/aromatic N) is 5. The summed E-state index contributed by atoms with van der Waals surface area (Å²) in [6.07, 6.45) is 14.8. The quantitative estimate of drug-likeness (QED) is 0.0862. The molecule has 0 saturated heterocycles. The predicted molar refractivity (Wildman–Crippen MR) is 416 cm³/mol. The molecular weight excluding hydrogens is 1160 g/mol. The molecular formula is C84H121N5O5. The molecule has 10 heteroatoms. The van der Waals surface area contributed by atoms with Crippen LogP contribution in [0.2, 0.25) is 0 Å². The fraction of sp³-hybridized carbons (Fsp3) is 0.333. The number of allylic oxidation sites excluding steroid dienone is 2. The molecule has 4 N–H and O–H groups in total. The van der Waals surface area contributed by atoms with Crippen LogP contribution in [0.3, 0.4) is 0 Å². The number of anilines is 5. The van der Waals surface area contributed by atoms with E-state index in [1.807, 2.05) is 181 Å². The van der Waals surface area contributed by atoms with Gasteiger partial charge in [-0.25, -0.2) is 0 Å². The highest BCUT2D eigenvalue weighted by Crippen LogP contribution is 2.33. The first-order chi connectivity index (χ1) is 44.7. The number of benzene rings is 8. The van der Waals surface area contributed by atoms with Crippen molar-refractivity contribution in [2.45, 2.75) is 136 Å². The molecule has 0 aliphatic carbocycles. The first-order valence-corrected chi connectivity index (χ1v) is 33.2. The number of hydrogen-bond acceptors (Lipinski definition) is 9. The van der Waals surface area contributed by atoms with Gasteiger partial charge in [0.05, 0.1) is 6.04 Å². The van der Waals surface area contributed by atoms with Gasteiger partial charge in [0.15, 0.2) is 0 Å². The Bertz CT molecular complexity index is 3380. The van der Waals surface area contributed by atoms with Crippen molar-refractivity contribution in [3.05, 3.63) is 287 Å². The van der Waals surface area contributed by atoms with Gasteiger partial charge in [0.2, 0.25) is 0 Å². The molecule has 0 amide bonds. The smallest absolute Gasteiger partial charge is 0.121 e. The zero-order chi connectivity index (χ0) is 69.8. The summed E-state index contributed by atoms with van der Waals surface area (Å²) < 4.78 is 11.3. The van der Waals surface area contributed by atoms with Gasteiger partial charge in [-0.15, -0.1) is 6.58 Å². The number of aliphatic hydroxyl groups is 1. The number of aryl methyl sites for hydroxylation is 8. The van der Waals surface area contributed by atoms with Crippen molar-refractivity contribution < 1.29 is 26.6 Å². The number of phenolic OH excluding ortho intramolecular Hbond substituents is 1. The maximum absolute atomic E-state index is 10.1. The molecule has 0 radical (unpaired) electrons. The average Bonchev–Trinajstić information content (AvgIpc) is 0.861. The van der Waals surface area contributed by atoms with Gasteiger partial charge in [-0.2, -0.15) is 0 Å². The number of phenols is 1. The predicted octanol–water partition coefficient (Wildman–Crippen LogP) is 20.9. The van der Waals surface area contributed by atoms with Gasteiger partial charge >= 0.3 is 0 Å². The maximum Gasteiger partial charge on any atom is 0.121 e. The Kier molecular flexibility index (Phi) is 44.1. The Morgan fingerprint density at radius 1 is 0.521 bits per heavy atom. The van der Waals surface area contributed by atoms with Crippen molar-refractivity contribution in [1.82, 2.24) is 0 Å². The minimum absolute atomic E-state index is 0. The van der Waals surface area contributed by atoms with Gasteiger partial charge in [-0.3, -0.25) is 0 Å². The van der Waals surface area contributed by atoms with Crippen molar-refractivity contribution in [2.24, 2.45) is 0 Å². The lowest BCUT2D eigenvalue weighted by Gasteiger charge is -2.29. The number of rotatable bonds is 17. The van der Waals surface area contributed by atoms with Crippen molar-refractivity contribution >= 4 is 28.4 Å². The van der Waals surface area contributed by atoms with Gasteiger partial charge < -0.3 is 49.7 Å². The van der Waals surface area contributed by atoms with Crippen LogP contribution in [-0.4, -0.2) is 76.8 Å². The van der Waals surface area contributed by atoms with Crippen molar-refractivity contribution in [2.75, 3.05) is 79.5 Å². The molecule has 0 aromatic heterocycles. The number of aliphatic hydroxyl groups excluding tert-OH is 1. The highest BCUT2D eigenvalue weighted by molar-refractivity contribution is 5.60. The van der Waals surface area contributed by atoms with E-state index < -0.39 is 6.10 Å². The highest BCUT2D eigenvalue weighted by atomic mass is 16.5. The minimum atomic E-state index is -0.530. The molecule has 1 heterocycles. The summed E-state index contributed by atoms with van der Waals surface area (Å²) in [5, 5.41) is 20.2. The normalized spacial score (nSPS) is 11.0. The van der Waals surface area contributed by atoms with Crippen LogP contribution in [0.1, 0.15) is 125 Å². The Morgan fingerprint density at radius 3 is 1.44 bits per heavy atom. The highest BCUT2D eigenvalue weighted by Gasteiger charge is 2.18. The van der Waals surface area contributed by atoms with E-state index in [0.29, 0.717) is 25.5 Å². The summed E-state index contributed by atoms with van der Waals surface area (Å²) in [6, 6.07) is 61.6. The third-order valence-electron chi connectivity index (χ3n) is 14.1. The van der Waals surface area contributed by atoms with Crippen molar-refractivity contribution in [1.29, 1.82) is 0 Å². The molecule has 0 bridgehead atoms. The van der Waals surface area contributed by atoms with E-state index in [0.717, 1.165) is 40.4 Å². The average molecular weight is 1280 g/mol. The summed E-state index contributed by atoms with van der Waals surface area (Å²) in [5.74, 6) is 2.00. The van der Waals surface area contributed by atoms with Gasteiger partial charge in [0.25, 0.3) is 0 Å². The Balaban J connectivity index is 0. The van der Waals surface area contributed by atoms with Crippen LogP contribution in [0.15, 0.2) is 231 Å². The second kappa shape index (κ2) is 48.7. The second-order valence-electron chi connectivity index (χ2n) is 21.9. The molecule has 2 atom stereocenters. The zero-order valence-corrected chi connectivity index (χ0v) is 61.5. The zero-order valence-electron chi connectivity index (χ0n) is 61.5. The molecule has 1 aliphatic rings. The molecule has 512 valence electrons. The number of hydrogen-bond donors (Lipinski definition) is 2. The Labute approximate surface area is 572 Å². The van der Waals surface area contributed by atoms with Crippen molar-refractivity contribution in [3.63, 3.8) is 0 Å². The third kappa shape index (κ3) is 32.1. The monoisotopic (exact) mass is 1280 g/mol. The van der Waals surface area contributed by atoms with Gasteiger partial charge in [0, 0.05) is 89.6 Å². The Morgan fingerprint density at radius 2 is 0.947 bits per heavy atom. The first kappa shape index (κ1) is 85.0. The molecule has 0 saturated carbocycles. The van der Waals surface area contributed by atoms with E-state index in [1.54, 1.807) is 6.07 Å². The van der Waals surface area contributed by atoms with E-state index in [2.05, 4.69) is 222 Å². The van der Waals surface area contributed by atoms with Crippen LogP contribution >= 0.6 is 0 Å². The summed E-state index contributed by atoms with van der Waals surface area (Å²) in [5.41, 5.74) is 18.2. The lowest BCUT2D eigenvalue weighted by Crippen LogP contribution is -2.33. The lowest BCUT2D eigenvalue weighted by molar-refractivity contribution is 0.113. The molecule has 8 aromatic carbocycles.